The molecule has 0 radical (unpaired) electrons. The van der Waals surface area contributed by atoms with Crippen LogP contribution in [0.25, 0.3) is 0 Å². The van der Waals surface area contributed by atoms with Gasteiger partial charge in [-0.05, 0) is 98.0 Å². The van der Waals surface area contributed by atoms with Crippen LogP contribution in [0.4, 0.5) is 0 Å². The van der Waals surface area contributed by atoms with E-state index < -0.39 is 34.7 Å². The van der Waals surface area contributed by atoms with Crippen molar-refractivity contribution in [3.05, 3.63) is 23.3 Å². The van der Waals surface area contributed by atoms with Gasteiger partial charge in [-0.2, -0.15) is 0 Å². The normalized spacial score (nSPS) is 46.9. The number of ketones is 1. The van der Waals surface area contributed by atoms with Crippen molar-refractivity contribution in [2.75, 3.05) is 0 Å². The first-order chi connectivity index (χ1) is 18.4. The van der Waals surface area contributed by atoms with Crippen LogP contribution in [0, 0.1) is 46.3 Å². The summed E-state index contributed by atoms with van der Waals surface area (Å²) < 4.78 is 0. The molecule has 39 heavy (non-hydrogen) atoms. The summed E-state index contributed by atoms with van der Waals surface area (Å²) in [6.07, 6.45) is 10.3. The van der Waals surface area contributed by atoms with E-state index in [4.69, 9.17) is 0 Å². The lowest BCUT2D eigenvalue weighted by Crippen LogP contribution is -2.64. The topological polar surface area (TPSA) is 115 Å². The molecule has 4 N–H and O–H groups in total. The summed E-state index contributed by atoms with van der Waals surface area (Å²) in [5.74, 6) is 0.371. The van der Waals surface area contributed by atoms with E-state index in [1.807, 2.05) is 6.08 Å². The highest BCUT2D eigenvalue weighted by Gasteiger charge is 2.70. The fourth-order valence-electron chi connectivity index (χ4n) is 10.3. The quantitative estimate of drug-likeness (QED) is 0.290. The van der Waals surface area contributed by atoms with Crippen LogP contribution >= 0.6 is 0 Å². The smallest absolute Gasteiger partial charge is 0.159 e. The summed E-state index contributed by atoms with van der Waals surface area (Å²) >= 11 is 0. The predicted molar refractivity (Wildman–Crippen MR) is 149 cm³/mol. The van der Waals surface area contributed by atoms with E-state index in [0.717, 1.165) is 56.0 Å². The number of hydrogen-bond acceptors (Lipinski definition) is 6. The van der Waals surface area contributed by atoms with E-state index in [1.165, 1.54) is 0 Å². The predicted octanol–water partition coefficient (Wildman–Crippen LogP) is 4.53. The Morgan fingerprint density at radius 1 is 1.08 bits per heavy atom. The van der Waals surface area contributed by atoms with Crippen molar-refractivity contribution in [1.29, 1.82) is 0 Å². The van der Waals surface area contributed by atoms with Crippen molar-refractivity contribution in [2.24, 2.45) is 46.3 Å². The van der Waals surface area contributed by atoms with Gasteiger partial charge in [0.05, 0.1) is 23.9 Å². The highest BCUT2D eigenvalue weighted by Crippen LogP contribution is 2.71. The Morgan fingerprint density at radius 3 is 2.49 bits per heavy atom. The van der Waals surface area contributed by atoms with Crippen LogP contribution in [0.15, 0.2) is 23.3 Å². The molecule has 0 aliphatic heterocycles. The van der Waals surface area contributed by atoms with Crippen molar-refractivity contribution >= 4 is 12.1 Å². The van der Waals surface area contributed by atoms with Gasteiger partial charge in [-0.25, -0.2) is 0 Å². The fourth-order valence-corrected chi connectivity index (χ4v) is 10.3. The number of hydrogen-bond donors (Lipinski definition) is 4. The van der Waals surface area contributed by atoms with Crippen molar-refractivity contribution in [3.8, 4) is 0 Å². The van der Waals surface area contributed by atoms with E-state index in [-0.39, 0.29) is 47.7 Å². The third-order valence-corrected chi connectivity index (χ3v) is 12.5. The van der Waals surface area contributed by atoms with Crippen LogP contribution in [-0.2, 0) is 9.59 Å². The zero-order valence-corrected chi connectivity index (χ0v) is 24.3. The Morgan fingerprint density at radius 2 is 1.79 bits per heavy atom. The minimum atomic E-state index is -1.11. The lowest BCUT2D eigenvalue weighted by atomic mass is 9.42. The van der Waals surface area contributed by atoms with Crippen molar-refractivity contribution < 1.29 is 30.0 Å². The highest BCUT2D eigenvalue weighted by atomic mass is 16.3. The monoisotopic (exact) mass is 542 g/mol. The second-order valence-electron chi connectivity index (χ2n) is 14.5. The maximum absolute atomic E-state index is 13.5. The van der Waals surface area contributed by atoms with Crippen LogP contribution in [0.1, 0.15) is 98.3 Å². The van der Waals surface area contributed by atoms with Crippen LogP contribution < -0.4 is 0 Å². The third kappa shape index (κ3) is 4.43. The average Bonchev–Trinajstić information content (AvgIpc) is 3.14. The average molecular weight is 543 g/mol. The summed E-state index contributed by atoms with van der Waals surface area (Å²) in [6, 6.07) is 0. The first kappa shape index (κ1) is 29.2. The number of carbonyl (C=O) groups excluding carboxylic acids is 2. The van der Waals surface area contributed by atoms with E-state index in [0.29, 0.717) is 25.7 Å². The SMILES string of the molecule is CC(C)/C(=C\CC=O)C[C@@H](O)[C@H]1CCCC[C@H]2C[C@H]3C(=CC(=O)[C@@H]4C[C@@H](O)[C@@H](O)C[C@@]43C)[C@]3(O)CC[C@H]1[C@@]23C. The van der Waals surface area contributed by atoms with Gasteiger partial charge < -0.3 is 25.2 Å². The van der Waals surface area contributed by atoms with Crippen LogP contribution in [0.3, 0.4) is 0 Å². The third-order valence-electron chi connectivity index (χ3n) is 12.5. The van der Waals surface area contributed by atoms with Gasteiger partial charge in [0.25, 0.3) is 0 Å². The molecule has 4 fully saturated rings. The minimum Gasteiger partial charge on any atom is -0.392 e. The number of aliphatic hydroxyl groups is 4. The van der Waals surface area contributed by atoms with Crippen molar-refractivity contribution in [1.82, 2.24) is 0 Å². The number of aldehydes is 1. The summed E-state index contributed by atoms with van der Waals surface area (Å²) in [6.45, 7) is 8.56. The highest BCUT2D eigenvalue weighted by molar-refractivity contribution is 5.95. The molecule has 5 aliphatic rings. The number of rotatable bonds is 6. The number of allylic oxidation sites excluding steroid dienone is 2. The van der Waals surface area contributed by atoms with Gasteiger partial charge in [0.1, 0.15) is 6.29 Å². The first-order valence-electron chi connectivity index (χ1n) is 15.5. The molecule has 5 rings (SSSR count). The van der Waals surface area contributed by atoms with E-state index >= 15 is 0 Å². The van der Waals surface area contributed by atoms with Gasteiger partial charge >= 0.3 is 0 Å². The zero-order chi connectivity index (χ0) is 28.3. The van der Waals surface area contributed by atoms with Crippen molar-refractivity contribution in [2.45, 2.75) is 122 Å². The molecule has 6 heteroatoms. The largest absolute Gasteiger partial charge is 0.392 e. The molecule has 0 aromatic heterocycles. The van der Waals surface area contributed by atoms with Gasteiger partial charge in [0.15, 0.2) is 5.78 Å². The Kier molecular flexibility index (Phi) is 7.84. The molecule has 0 unspecified atom stereocenters. The van der Waals surface area contributed by atoms with Crippen molar-refractivity contribution in [3.63, 3.8) is 0 Å². The zero-order valence-electron chi connectivity index (χ0n) is 24.3. The number of carbonyl (C=O) groups is 2. The molecule has 218 valence electrons. The summed E-state index contributed by atoms with van der Waals surface area (Å²) in [4.78, 5) is 24.6. The maximum Gasteiger partial charge on any atom is 0.159 e. The van der Waals surface area contributed by atoms with Gasteiger partial charge in [-0.15, -0.1) is 0 Å². The lowest BCUT2D eigenvalue weighted by molar-refractivity contribution is -0.171. The Bertz CT molecular complexity index is 1030. The Labute approximate surface area is 234 Å². The summed E-state index contributed by atoms with van der Waals surface area (Å²) in [5.41, 5.74) is -0.0560. The fraction of sp³-hybridized carbons (Fsp3) is 0.818. The number of aliphatic hydroxyl groups excluding tert-OH is 3. The van der Waals surface area contributed by atoms with Gasteiger partial charge in [0.2, 0.25) is 0 Å². The molecular formula is C33H50O6. The van der Waals surface area contributed by atoms with Gasteiger partial charge in [-0.3, -0.25) is 4.79 Å². The minimum absolute atomic E-state index is 0.00536. The van der Waals surface area contributed by atoms with Crippen LogP contribution in [0.2, 0.25) is 0 Å². The van der Waals surface area contributed by atoms with Gasteiger partial charge in [-0.1, -0.05) is 52.2 Å². The van der Waals surface area contributed by atoms with E-state index in [9.17, 15) is 30.0 Å². The first-order valence-corrected chi connectivity index (χ1v) is 15.5. The van der Waals surface area contributed by atoms with E-state index in [1.54, 1.807) is 6.08 Å². The molecule has 0 amide bonds. The maximum atomic E-state index is 13.5. The molecule has 0 saturated heterocycles. The van der Waals surface area contributed by atoms with Crippen LogP contribution in [-0.4, -0.2) is 56.4 Å². The van der Waals surface area contributed by atoms with Crippen LogP contribution in [0.5, 0.6) is 0 Å². The molecule has 6 nitrogen and oxygen atoms in total. The summed E-state index contributed by atoms with van der Waals surface area (Å²) in [7, 11) is 0. The molecule has 0 spiro atoms. The second-order valence-corrected chi connectivity index (χ2v) is 14.5. The summed E-state index contributed by atoms with van der Waals surface area (Å²) in [5, 5.41) is 45.6. The molecule has 0 bridgehead atoms. The molecular weight excluding hydrogens is 492 g/mol. The number of fused-ring (bicyclic) bond motifs is 4. The Hall–Kier alpha value is -1.34. The Balaban J connectivity index is 1.52. The van der Waals surface area contributed by atoms with Gasteiger partial charge in [0, 0.05) is 17.8 Å². The standard InChI is InChI=1S/C33H50O6/c1-19(2)20(8-7-13-34)14-27(35)22-10-6-5-9-21-15-24-25(33(39)12-11-23(22)32(21,33)4)16-28(36)26-17-29(37)30(38)18-31(24,26)3/h8,13,16,19,21-24,26-27,29-30,35,37-39H,5-7,9-12,14-15,17-18H2,1-4H3/b20-8-/t21-,22-,23+,24-,26-,27+,29+,30-,31+,32+,33+/m0/s1. The molecule has 0 aromatic rings. The molecule has 4 saturated carbocycles. The molecule has 11 atom stereocenters. The lowest BCUT2D eigenvalue weighted by Gasteiger charge is -2.63. The molecule has 0 aromatic carbocycles. The van der Waals surface area contributed by atoms with E-state index in [2.05, 4.69) is 27.7 Å². The molecule has 5 aliphatic carbocycles. The second kappa shape index (κ2) is 10.5. The molecule has 0 heterocycles.